The summed E-state index contributed by atoms with van der Waals surface area (Å²) in [7, 11) is 1.21. The summed E-state index contributed by atoms with van der Waals surface area (Å²) in [6.07, 6.45) is 0.832. The molecule has 6 N–H and O–H groups in total. The fourth-order valence-electron chi connectivity index (χ4n) is 6.79. The second-order valence-electron chi connectivity index (χ2n) is 11.4. The number of phenols is 1. The number of aliphatic hydroxyl groups excluding tert-OH is 2. The van der Waals surface area contributed by atoms with Gasteiger partial charge in [0.05, 0.1) is 24.5 Å². The van der Waals surface area contributed by atoms with Gasteiger partial charge in [0.15, 0.2) is 17.1 Å². The molecule has 1 saturated carbocycles. The Hall–Kier alpha value is -5.49. The molecule has 230 valence electrons. The average molecular weight is 614 g/mol. The van der Waals surface area contributed by atoms with Crippen LogP contribution < -0.4 is 5.73 Å². The van der Waals surface area contributed by atoms with Crippen molar-refractivity contribution in [2.45, 2.75) is 31.3 Å². The molecule has 3 aliphatic rings. The largest absolute Gasteiger partial charge is 0.508 e. The van der Waals surface area contributed by atoms with Gasteiger partial charge in [-0.3, -0.25) is 19.2 Å². The third kappa shape index (κ3) is 4.52. The lowest BCUT2D eigenvalue weighted by molar-refractivity contribution is -0.147. The van der Waals surface area contributed by atoms with Crippen LogP contribution in [0.3, 0.4) is 0 Å². The number of aromatic hydroxyl groups is 1. The first-order valence-electron chi connectivity index (χ1n) is 14.0. The number of carbonyl (C=O) groups excluding carboxylic acids is 5. The second-order valence-corrected chi connectivity index (χ2v) is 11.4. The minimum atomic E-state index is -2.67. The van der Waals surface area contributed by atoms with Gasteiger partial charge in [-0.1, -0.05) is 12.1 Å². The van der Waals surface area contributed by atoms with Crippen molar-refractivity contribution in [1.82, 2.24) is 0 Å². The number of Topliss-reactive ketones (excluding diaryl/α,β-unsaturated/α-hetero) is 3. The Morgan fingerprint density at radius 2 is 1.82 bits per heavy atom. The lowest BCUT2D eigenvalue weighted by Crippen LogP contribution is -2.58. The molecule has 6 rings (SSSR count). The molecule has 0 saturated heterocycles. The highest BCUT2D eigenvalue weighted by Gasteiger charge is 2.60. The zero-order valence-corrected chi connectivity index (χ0v) is 23.8. The Labute approximate surface area is 255 Å². The molecule has 45 heavy (non-hydrogen) atoms. The minimum absolute atomic E-state index is 0.0386. The van der Waals surface area contributed by atoms with Gasteiger partial charge in [-0.25, -0.2) is 4.79 Å². The zero-order chi connectivity index (χ0) is 32.4. The molecule has 1 amide bonds. The van der Waals surface area contributed by atoms with Crippen LogP contribution in [-0.2, 0) is 32.0 Å². The number of methoxy groups -OCH3 is 1. The Bertz CT molecular complexity index is 1900. The molecule has 2 aromatic carbocycles. The molecule has 0 unspecified atom stereocenters. The molecule has 3 aliphatic carbocycles. The molecule has 0 bridgehead atoms. The molecule has 3 atom stereocenters. The fourth-order valence-corrected chi connectivity index (χ4v) is 6.79. The van der Waals surface area contributed by atoms with Crippen molar-refractivity contribution in [2.75, 3.05) is 7.11 Å². The number of carbonyl (C=O) groups is 5. The maximum Gasteiger partial charge on any atom is 0.337 e. The summed E-state index contributed by atoms with van der Waals surface area (Å²) in [5.74, 6) is -8.13. The number of rotatable bonds is 6. The maximum absolute atomic E-state index is 13.8. The van der Waals surface area contributed by atoms with E-state index in [1.165, 1.54) is 37.6 Å². The Kier molecular flexibility index (Phi) is 6.96. The summed E-state index contributed by atoms with van der Waals surface area (Å²) in [5, 5.41) is 44.5. The van der Waals surface area contributed by atoms with E-state index in [2.05, 4.69) is 0 Å². The summed E-state index contributed by atoms with van der Waals surface area (Å²) in [6.45, 7) is 0. The number of benzene rings is 2. The monoisotopic (exact) mass is 613 g/mol. The van der Waals surface area contributed by atoms with Crippen LogP contribution in [0.15, 0.2) is 70.1 Å². The van der Waals surface area contributed by atoms with E-state index in [1.54, 1.807) is 18.2 Å². The summed E-state index contributed by atoms with van der Waals surface area (Å²) >= 11 is 0. The van der Waals surface area contributed by atoms with Crippen molar-refractivity contribution in [3.05, 3.63) is 93.6 Å². The molecular weight excluding hydrogens is 586 g/mol. The first-order valence-corrected chi connectivity index (χ1v) is 14.0. The normalized spacial score (nSPS) is 22.4. The Balaban J connectivity index is 1.49. The predicted octanol–water partition coefficient (Wildman–Crippen LogP) is 2.90. The minimum Gasteiger partial charge on any atom is -0.508 e. The van der Waals surface area contributed by atoms with Crippen LogP contribution in [0.25, 0.3) is 16.9 Å². The predicted molar refractivity (Wildman–Crippen MR) is 155 cm³/mol. The molecule has 1 fully saturated rings. The van der Waals surface area contributed by atoms with E-state index >= 15 is 0 Å². The van der Waals surface area contributed by atoms with Crippen molar-refractivity contribution in [3.63, 3.8) is 0 Å². The van der Waals surface area contributed by atoms with Gasteiger partial charge in [0, 0.05) is 24.3 Å². The summed E-state index contributed by atoms with van der Waals surface area (Å²) in [5.41, 5.74) is 3.25. The standard InChI is InChI=1S/C33H27NO11/c1-44-32(42)17-8-14(9-22(36)24-3-2-6-45-24)7-15(10-17)19-4-5-21(35)26-20(19)12-16-11-18-13-23(37)27(31(34)41)30(40)33(18,43)29(39)25(16)28(26)38/h2-8,10,16,18,35,38,40,43H,9,11-13H2,1H3,(H2,34,41)/t16-,18+,33+/m1/s1. The lowest BCUT2D eigenvalue weighted by atomic mass is 9.59. The third-order valence-corrected chi connectivity index (χ3v) is 8.83. The molecule has 1 aromatic heterocycles. The third-order valence-electron chi connectivity index (χ3n) is 8.83. The van der Waals surface area contributed by atoms with E-state index in [-0.39, 0.29) is 53.3 Å². The van der Waals surface area contributed by atoms with Gasteiger partial charge in [-0.2, -0.15) is 0 Å². The number of hydrogen-bond acceptors (Lipinski definition) is 11. The van der Waals surface area contributed by atoms with Gasteiger partial charge in [0.1, 0.15) is 22.8 Å². The molecular formula is C33H27NO11. The smallest absolute Gasteiger partial charge is 0.337 e. The molecule has 12 heteroatoms. The van der Waals surface area contributed by atoms with Gasteiger partial charge in [-0.05, 0) is 71.3 Å². The first-order chi connectivity index (χ1) is 21.4. The number of furan rings is 1. The van der Waals surface area contributed by atoms with Crippen LogP contribution in [0.1, 0.15) is 50.4 Å². The number of esters is 1. The lowest BCUT2D eigenvalue weighted by Gasteiger charge is -2.46. The van der Waals surface area contributed by atoms with Crippen molar-refractivity contribution < 1.29 is 53.6 Å². The summed E-state index contributed by atoms with van der Waals surface area (Å²) in [4.78, 5) is 63.7. The molecule has 3 aromatic rings. The average Bonchev–Trinajstić information content (AvgIpc) is 3.54. The quantitative estimate of drug-likeness (QED) is 0.155. The van der Waals surface area contributed by atoms with Crippen LogP contribution in [0.4, 0.5) is 0 Å². The maximum atomic E-state index is 13.8. The molecule has 1 heterocycles. The van der Waals surface area contributed by atoms with Crippen LogP contribution in [-0.4, -0.2) is 62.4 Å². The van der Waals surface area contributed by atoms with Crippen LogP contribution in [0, 0.1) is 11.8 Å². The molecule has 0 spiro atoms. The van der Waals surface area contributed by atoms with Crippen molar-refractivity contribution in [1.29, 1.82) is 0 Å². The van der Waals surface area contributed by atoms with E-state index in [0.717, 1.165) is 0 Å². The van der Waals surface area contributed by atoms with E-state index in [0.29, 0.717) is 22.3 Å². The van der Waals surface area contributed by atoms with Crippen molar-refractivity contribution >= 4 is 35.0 Å². The van der Waals surface area contributed by atoms with Crippen molar-refractivity contribution in [3.8, 4) is 16.9 Å². The number of primary amides is 1. The SMILES string of the molecule is COC(=O)c1cc(CC(=O)c2ccco2)cc(-c2ccc(O)c3c2C[C@H]2C[C@H]4CC(=O)C(C(N)=O)=C(O)[C@@]4(O)C(=O)C2=C3O)c1. The van der Waals surface area contributed by atoms with E-state index in [1.807, 2.05) is 0 Å². The highest BCUT2D eigenvalue weighted by molar-refractivity contribution is 6.22. The van der Waals surface area contributed by atoms with Gasteiger partial charge >= 0.3 is 5.97 Å². The van der Waals surface area contributed by atoms with Gasteiger partial charge in [0.25, 0.3) is 5.91 Å². The Morgan fingerprint density at radius 3 is 2.49 bits per heavy atom. The second kappa shape index (κ2) is 10.6. The number of fused-ring (bicyclic) bond motifs is 3. The van der Waals surface area contributed by atoms with Crippen LogP contribution in [0.5, 0.6) is 5.75 Å². The summed E-state index contributed by atoms with van der Waals surface area (Å²) in [6, 6.07) is 10.7. The van der Waals surface area contributed by atoms with Gasteiger partial charge in [0.2, 0.25) is 11.6 Å². The number of phenolic OH excluding ortho intramolecular Hbond substituents is 1. The van der Waals surface area contributed by atoms with E-state index in [4.69, 9.17) is 14.9 Å². The molecule has 12 nitrogen and oxygen atoms in total. The van der Waals surface area contributed by atoms with Crippen LogP contribution in [0.2, 0.25) is 0 Å². The molecule has 0 radical (unpaired) electrons. The van der Waals surface area contributed by atoms with Crippen LogP contribution >= 0.6 is 0 Å². The number of aliphatic hydroxyl groups is 3. The number of amides is 1. The molecule has 0 aliphatic heterocycles. The Morgan fingerprint density at radius 1 is 1.07 bits per heavy atom. The van der Waals surface area contributed by atoms with Gasteiger partial charge < -0.3 is 35.3 Å². The highest BCUT2D eigenvalue weighted by Crippen LogP contribution is 2.53. The van der Waals surface area contributed by atoms with Gasteiger partial charge in [-0.15, -0.1) is 0 Å². The van der Waals surface area contributed by atoms with E-state index < -0.39 is 64.4 Å². The number of ether oxygens (including phenoxy) is 1. The van der Waals surface area contributed by atoms with E-state index in [9.17, 15) is 44.4 Å². The summed E-state index contributed by atoms with van der Waals surface area (Å²) < 4.78 is 10.1. The van der Waals surface area contributed by atoms with Crippen molar-refractivity contribution in [2.24, 2.45) is 17.6 Å². The number of nitrogens with two attached hydrogens (primary N) is 1. The fraction of sp³-hybridized carbons (Fsp3) is 0.242. The highest BCUT2D eigenvalue weighted by atomic mass is 16.5. The zero-order valence-electron chi connectivity index (χ0n) is 23.8. The number of ketones is 3. The topological polar surface area (TPSA) is 215 Å². The number of hydrogen-bond donors (Lipinski definition) is 5. The first kappa shape index (κ1) is 29.6.